The lowest BCUT2D eigenvalue weighted by atomic mass is 10.2. The van der Waals surface area contributed by atoms with Gasteiger partial charge in [-0.2, -0.15) is 8.42 Å². The summed E-state index contributed by atoms with van der Waals surface area (Å²) in [6, 6.07) is 9.19. The van der Waals surface area contributed by atoms with Gasteiger partial charge in [0.2, 0.25) is 6.29 Å². The average Bonchev–Trinajstić information content (AvgIpc) is 2.63. The molecule has 1 atom stereocenters. The summed E-state index contributed by atoms with van der Waals surface area (Å²) in [6.45, 7) is 1.46. The van der Waals surface area contributed by atoms with Crippen molar-refractivity contribution in [1.82, 2.24) is 5.32 Å². The van der Waals surface area contributed by atoms with Gasteiger partial charge in [-0.05, 0) is 18.4 Å². The lowest BCUT2D eigenvalue weighted by Crippen LogP contribution is -2.31. The first-order valence-electron chi connectivity index (χ1n) is 8.94. The van der Waals surface area contributed by atoms with Crippen LogP contribution in [0.25, 0.3) is 0 Å². The van der Waals surface area contributed by atoms with Crippen molar-refractivity contribution >= 4 is 28.1 Å². The summed E-state index contributed by atoms with van der Waals surface area (Å²) >= 11 is 0. The average molecular weight is 431 g/mol. The van der Waals surface area contributed by atoms with Crippen LogP contribution in [0.15, 0.2) is 30.3 Å². The van der Waals surface area contributed by atoms with E-state index in [1.54, 1.807) is 0 Å². The summed E-state index contributed by atoms with van der Waals surface area (Å²) in [7, 11) is -4.09. The number of hydrogen-bond acceptors (Lipinski definition) is 8. The highest BCUT2D eigenvalue weighted by atomic mass is 32.2. The molecule has 0 aromatic heterocycles. The molecule has 1 unspecified atom stereocenters. The van der Waals surface area contributed by atoms with Crippen LogP contribution in [0, 0.1) is 0 Å². The van der Waals surface area contributed by atoms with E-state index in [1.807, 2.05) is 30.3 Å². The molecule has 1 amide bonds. The van der Waals surface area contributed by atoms with E-state index in [9.17, 15) is 22.8 Å². The molecule has 2 N–H and O–H groups in total. The molecule has 0 saturated carbocycles. The van der Waals surface area contributed by atoms with Gasteiger partial charge in [0.25, 0.3) is 10.1 Å². The highest BCUT2D eigenvalue weighted by Crippen LogP contribution is 2.06. The number of rotatable bonds is 12. The minimum Gasteiger partial charge on any atom is -0.461 e. The van der Waals surface area contributed by atoms with Gasteiger partial charge < -0.3 is 19.5 Å². The van der Waals surface area contributed by atoms with Gasteiger partial charge in [-0.1, -0.05) is 30.3 Å². The van der Waals surface area contributed by atoms with Crippen molar-refractivity contribution in [1.29, 1.82) is 0 Å². The molecule has 0 aliphatic heterocycles. The zero-order valence-electron chi connectivity index (χ0n) is 16.0. The second-order valence-electron chi connectivity index (χ2n) is 6.03. The summed E-state index contributed by atoms with van der Waals surface area (Å²) in [5.74, 6) is -1.58. The van der Waals surface area contributed by atoms with Crippen molar-refractivity contribution in [2.75, 3.05) is 12.3 Å². The van der Waals surface area contributed by atoms with Gasteiger partial charge in [-0.25, -0.2) is 4.79 Å². The zero-order valence-corrected chi connectivity index (χ0v) is 16.9. The maximum Gasteiger partial charge on any atom is 0.410 e. The van der Waals surface area contributed by atoms with E-state index < -0.39 is 40.2 Å². The lowest BCUT2D eigenvalue weighted by molar-refractivity contribution is -0.165. The molecule has 11 heteroatoms. The van der Waals surface area contributed by atoms with E-state index in [4.69, 9.17) is 18.8 Å². The number of ether oxygens (including phenoxy) is 3. The first-order chi connectivity index (χ1) is 13.7. The topological polar surface area (TPSA) is 145 Å². The number of nitrogens with one attached hydrogen (secondary N) is 1. The predicted octanol–water partition coefficient (Wildman–Crippen LogP) is 1.79. The van der Waals surface area contributed by atoms with Gasteiger partial charge >= 0.3 is 18.0 Å². The Morgan fingerprint density at radius 1 is 1.03 bits per heavy atom. The second-order valence-corrected chi connectivity index (χ2v) is 7.60. The quantitative estimate of drug-likeness (QED) is 0.219. The van der Waals surface area contributed by atoms with Crippen molar-refractivity contribution in [3.05, 3.63) is 35.9 Å². The fourth-order valence-corrected chi connectivity index (χ4v) is 2.60. The second kappa shape index (κ2) is 12.7. The Kier molecular flexibility index (Phi) is 10.7. The fourth-order valence-electron chi connectivity index (χ4n) is 2.09. The molecule has 0 saturated heterocycles. The van der Waals surface area contributed by atoms with Gasteiger partial charge in [0.15, 0.2) is 0 Å². The van der Waals surface area contributed by atoms with Crippen molar-refractivity contribution in [2.24, 2.45) is 0 Å². The normalized spacial score (nSPS) is 11.9. The Balaban J connectivity index is 2.12. The fraction of sp³-hybridized carbons (Fsp3) is 0.500. The molecule has 1 rings (SSSR count). The molecular formula is C18H25NO9S. The molecule has 162 valence electrons. The lowest BCUT2D eigenvalue weighted by Gasteiger charge is -2.14. The van der Waals surface area contributed by atoms with Crippen LogP contribution in [0.5, 0.6) is 0 Å². The van der Waals surface area contributed by atoms with Gasteiger partial charge in [0.05, 0.1) is 5.75 Å². The molecule has 0 bridgehead atoms. The third-order valence-electron chi connectivity index (χ3n) is 3.42. The maximum absolute atomic E-state index is 11.7. The molecule has 0 fully saturated rings. The van der Waals surface area contributed by atoms with Crippen LogP contribution in [0.4, 0.5) is 4.79 Å². The van der Waals surface area contributed by atoms with E-state index >= 15 is 0 Å². The number of alkyl carbamates (subject to hydrolysis) is 1. The smallest absolute Gasteiger partial charge is 0.410 e. The summed E-state index contributed by atoms with van der Waals surface area (Å²) in [6.07, 6.45) is -1.84. The number of amides is 1. The van der Waals surface area contributed by atoms with E-state index in [2.05, 4.69) is 5.32 Å². The number of carbonyl (C=O) groups excluding carboxylic acids is 3. The van der Waals surface area contributed by atoms with Crippen LogP contribution in [-0.4, -0.2) is 49.6 Å². The number of hydrogen-bond donors (Lipinski definition) is 2. The molecule has 0 aliphatic carbocycles. The number of esters is 2. The molecule has 1 aromatic rings. The number of benzene rings is 1. The summed E-state index contributed by atoms with van der Waals surface area (Å²) < 4.78 is 44.4. The third kappa shape index (κ3) is 13.2. The standard InChI is InChI=1S/C18H25NO9S/c1-14(28-18(22)19-11-6-12-29(23,24)25)27-17(21)10-5-9-16(20)26-13-15-7-3-2-4-8-15/h2-4,7-8,14H,5-6,9-13H2,1H3,(H,19,22)(H,23,24,25). The third-order valence-corrected chi connectivity index (χ3v) is 4.23. The van der Waals surface area contributed by atoms with E-state index in [1.165, 1.54) is 6.92 Å². The monoisotopic (exact) mass is 431 g/mol. The summed E-state index contributed by atoms with van der Waals surface area (Å²) in [5.41, 5.74) is 0.863. The van der Waals surface area contributed by atoms with Crippen LogP contribution >= 0.6 is 0 Å². The Morgan fingerprint density at radius 3 is 2.34 bits per heavy atom. The molecule has 1 aromatic carbocycles. The van der Waals surface area contributed by atoms with Gasteiger partial charge in [0, 0.05) is 26.3 Å². The Morgan fingerprint density at radius 2 is 1.69 bits per heavy atom. The highest BCUT2D eigenvalue weighted by Gasteiger charge is 2.15. The van der Waals surface area contributed by atoms with Crippen LogP contribution in [-0.2, 0) is 40.5 Å². The van der Waals surface area contributed by atoms with E-state index in [0.29, 0.717) is 0 Å². The minimum absolute atomic E-state index is 0.00245. The minimum atomic E-state index is -4.09. The Labute approximate surface area is 169 Å². The molecule has 0 heterocycles. The van der Waals surface area contributed by atoms with Gasteiger partial charge in [0.1, 0.15) is 6.61 Å². The molecule has 29 heavy (non-hydrogen) atoms. The summed E-state index contributed by atoms with van der Waals surface area (Å²) in [5, 5.41) is 2.26. The van der Waals surface area contributed by atoms with E-state index in [0.717, 1.165) is 5.56 Å². The van der Waals surface area contributed by atoms with E-state index in [-0.39, 0.29) is 38.8 Å². The van der Waals surface area contributed by atoms with Gasteiger partial charge in [-0.3, -0.25) is 14.1 Å². The first kappa shape index (κ1) is 24.4. The molecule has 0 spiro atoms. The Hall–Kier alpha value is -2.66. The zero-order chi connectivity index (χ0) is 21.7. The van der Waals surface area contributed by atoms with Crippen LogP contribution < -0.4 is 5.32 Å². The van der Waals surface area contributed by atoms with Crippen LogP contribution in [0.1, 0.15) is 38.2 Å². The Bertz CT molecular complexity index is 765. The van der Waals surface area contributed by atoms with Crippen molar-refractivity contribution < 1.29 is 41.6 Å². The molecule has 0 aliphatic rings. The van der Waals surface area contributed by atoms with Crippen molar-refractivity contribution in [2.45, 2.75) is 45.5 Å². The predicted molar refractivity (Wildman–Crippen MR) is 101 cm³/mol. The molecular weight excluding hydrogens is 406 g/mol. The maximum atomic E-state index is 11.7. The molecule has 0 radical (unpaired) electrons. The van der Waals surface area contributed by atoms with Crippen molar-refractivity contribution in [3.8, 4) is 0 Å². The van der Waals surface area contributed by atoms with Crippen molar-refractivity contribution in [3.63, 3.8) is 0 Å². The summed E-state index contributed by atoms with van der Waals surface area (Å²) in [4.78, 5) is 34.8. The SMILES string of the molecule is CC(OC(=O)CCCC(=O)OCc1ccccc1)OC(=O)NCCCS(=O)(=O)O. The van der Waals surface area contributed by atoms with Crippen LogP contribution in [0.2, 0.25) is 0 Å². The van der Waals surface area contributed by atoms with Crippen LogP contribution in [0.3, 0.4) is 0 Å². The number of carbonyl (C=O) groups is 3. The van der Waals surface area contributed by atoms with Gasteiger partial charge in [-0.15, -0.1) is 0 Å². The molecule has 10 nitrogen and oxygen atoms in total. The highest BCUT2D eigenvalue weighted by molar-refractivity contribution is 7.85. The first-order valence-corrected chi connectivity index (χ1v) is 10.6. The largest absolute Gasteiger partial charge is 0.461 e.